The predicted molar refractivity (Wildman–Crippen MR) is 112 cm³/mol. The zero-order valence-corrected chi connectivity index (χ0v) is 19.4. The summed E-state index contributed by atoms with van der Waals surface area (Å²) in [5.41, 5.74) is -0.561. The van der Waals surface area contributed by atoms with Crippen LogP contribution < -0.4 is 5.32 Å². The van der Waals surface area contributed by atoms with Crippen LogP contribution in [0.2, 0.25) is 0 Å². The number of amides is 1. The maximum Gasteiger partial charge on any atom is 0.325 e. The van der Waals surface area contributed by atoms with Crippen molar-refractivity contribution in [3.63, 3.8) is 0 Å². The molecule has 0 saturated carbocycles. The number of benzene rings is 2. The Hall–Kier alpha value is -1.71. The summed E-state index contributed by atoms with van der Waals surface area (Å²) in [6, 6.07) is 10.5. The SMILES string of the molecule is CC(C)(C)OC(=O)CNC(=O)c1cc(Br)cc(S(=O)(=O)c2cccc(Br)c2)c1. The Morgan fingerprint density at radius 1 is 1.00 bits per heavy atom. The predicted octanol–water partition coefficient (Wildman–Crippen LogP) is 4.12. The number of sulfone groups is 1. The molecule has 0 aliphatic heterocycles. The van der Waals surface area contributed by atoms with Gasteiger partial charge < -0.3 is 10.1 Å². The number of rotatable bonds is 5. The molecule has 9 heteroatoms. The van der Waals surface area contributed by atoms with Crippen molar-refractivity contribution in [2.75, 3.05) is 6.54 Å². The number of hydrogen-bond acceptors (Lipinski definition) is 5. The van der Waals surface area contributed by atoms with E-state index in [2.05, 4.69) is 37.2 Å². The Kier molecular flexibility index (Phi) is 7.06. The molecule has 1 N–H and O–H groups in total. The summed E-state index contributed by atoms with van der Waals surface area (Å²) < 4.78 is 32.0. The van der Waals surface area contributed by atoms with E-state index >= 15 is 0 Å². The van der Waals surface area contributed by atoms with E-state index in [1.54, 1.807) is 32.9 Å². The van der Waals surface area contributed by atoms with Gasteiger partial charge in [-0.15, -0.1) is 0 Å². The molecule has 28 heavy (non-hydrogen) atoms. The Balaban J connectivity index is 2.25. The van der Waals surface area contributed by atoms with Gasteiger partial charge in [0.05, 0.1) is 9.79 Å². The van der Waals surface area contributed by atoms with Crippen molar-refractivity contribution in [3.8, 4) is 0 Å². The fourth-order valence-corrected chi connectivity index (χ4v) is 4.82. The van der Waals surface area contributed by atoms with E-state index in [0.717, 1.165) is 0 Å². The van der Waals surface area contributed by atoms with Crippen molar-refractivity contribution in [1.82, 2.24) is 5.32 Å². The lowest BCUT2D eigenvalue weighted by atomic mass is 10.2. The average Bonchev–Trinajstić information content (AvgIpc) is 2.57. The fraction of sp³-hybridized carbons (Fsp3) is 0.263. The molecule has 150 valence electrons. The van der Waals surface area contributed by atoms with Crippen molar-refractivity contribution in [1.29, 1.82) is 0 Å². The molecule has 0 unspecified atom stereocenters. The van der Waals surface area contributed by atoms with E-state index < -0.39 is 27.3 Å². The summed E-state index contributed by atoms with van der Waals surface area (Å²) in [4.78, 5) is 24.2. The molecule has 0 atom stereocenters. The van der Waals surface area contributed by atoms with Crippen LogP contribution in [0.15, 0.2) is 61.2 Å². The standard InChI is InChI=1S/C19H19Br2NO5S/c1-19(2,3)27-17(23)11-22-18(24)12-7-14(21)10-16(8-12)28(25,26)15-6-4-5-13(20)9-15/h4-10H,11H2,1-3H3,(H,22,24). The molecule has 0 aliphatic carbocycles. The number of hydrogen-bond donors (Lipinski definition) is 1. The Bertz CT molecular complexity index is 1010. The quantitative estimate of drug-likeness (QED) is 0.585. The highest BCUT2D eigenvalue weighted by Gasteiger charge is 2.21. The largest absolute Gasteiger partial charge is 0.459 e. The van der Waals surface area contributed by atoms with Gasteiger partial charge in [0.15, 0.2) is 0 Å². The summed E-state index contributed by atoms with van der Waals surface area (Å²) >= 11 is 6.49. The van der Waals surface area contributed by atoms with Crippen LogP contribution in [-0.4, -0.2) is 32.4 Å². The molecule has 2 aromatic rings. The van der Waals surface area contributed by atoms with Crippen LogP contribution in [0.5, 0.6) is 0 Å². The Labute approximate surface area is 180 Å². The molecule has 0 fully saturated rings. The smallest absolute Gasteiger partial charge is 0.325 e. The minimum absolute atomic E-state index is 0.0395. The Morgan fingerprint density at radius 3 is 2.25 bits per heavy atom. The van der Waals surface area contributed by atoms with Gasteiger partial charge in [-0.05, 0) is 57.2 Å². The molecule has 0 aliphatic rings. The zero-order valence-electron chi connectivity index (χ0n) is 15.5. The van der Waals surface area contributed by atoms with Gasteiger partial charge in [0.25, 0.3) is 5.91 Å². The summed E-state index contributed by atoms with van der Waals surface area (Å²) in [5, 5.41) is 2.44. The molecule has 0 bridgehead atoms. The van der Waals surface area contributed by atoms with Crippen molar-refractivity contribution in [2.24, 2.45) is 0 Å². The van der Waals surface area contributed by atoms with Gasteiger partial charge in [-0.2, -0.15) is 0 Å². The first-order valence-electron chi connectivity index (χ1n) is 8.20. The van der Waals surface area contributed by atoms with Gasteiger partial charge >= 0.3 is 5.97 Å². The normalized spacial score (nSPS) is 11.8. The van der Waals surface area contributed by atoms with Crippen LogP contribution in [0.3, 0.4) is 0 Å². The number of esters is 1. The summed E-state index contributed by atoms with van der Waals surface area (Å²) in [6.45, 7) is 4.84. The van der Waals surface area contributed by atoms with Gasteiger partial charge in [0.2, 0.25) is 9.84 Å². The molecule has 1 amide bonds. The lowest BCUT2D eigenvalue weighted by Crippen LogP contribution is -2.34. The first-order chi connectivity index (χ1) is 12.9. The number of carbonyl (C=O) groups is 2. The second-order valence-corrected chi connectivity index (χ2v) is 10.7. The maximum absolute atomic E-state index is 12.9. The molecule has 0 radical (unpaired) electrons. The van der Waals surface area contributed by atoms with Gasteiger partial charge in [-0.1, -0.05) is 37.9 Å². The van der Waals surface area contributed by atoms with Crippen molar-refractivity contribution in [2.45, 2.75) is 36.2 Å². The van der Waals surface area contributed by atoms with Crippen LogP contribution in [0.4, 0.5) is 0 Å². The highest BCUT2D eigenvalue weighted by molar-refractivity contribution is 9.10. The van der Waals surface area contributed by atoms with Crippen LogP contribution in [0, 0.1) is 0 Å². The monoisotopic (exact) mass is 531 g/mol. The van der Waals surface area contributed by atoms with Gasteiger partial charge in [-0.3, -0.25) is 9.59 Å². The van der Waals surface area contributed by atoms with Gasteiger partial charge in [-0.25, -0.2) is 8.42 Å². The lowest BCUT2D eigenvalue weighted by molar-refractivity contribution is -0.153. The van der Waals surface area contributed by atoms with E-state index in [-0.39, 0.29) is 21.9 Å². The first kappa shape index (κ1) is 22.6. The molecule has 2 rings (SSSR count). The van der Waals surface area contributed by atoms with Crippen molar-refractivity contribution >= 4 is 53.6 Å². The maximum atomic E-state index is 12.9. The second-order valence-electron chi connectivity index (χ2n) is 6.91. The Morgan fingerprint density at radius 2 is 1.64 bits per heavy atom. The second kappa shape index (κ2) is 8.75. The summed E-state index contributed by atoms with van der Waals surface area (Å²) in [7, 11) is -3.83. The number of ether oxygens (including phenoxy) is 1. The van der Waals surface area contributed by atoms with Crippen molar-refractivity contribution in [3.05, 3.63) is 57.0 Å². The van der Waals surface area contributed by atoms with Crippen LogP contribution >= 0.6 is 31.9 Å². The highest BCUT2D eigenvalue weighted by Crippen LogP contribution is 2.27. The van der Waals surface area contributed by atoms with Gasteiger partial charge in [0, 0.05) is 14.5 Å². The minimum Gasteiger partial charge on any atom is -0.459 e. The lowest BCUT2D eigenvalue weighted by Gasteiger charge is -2.19. The van der Waals surface area contributed by atoms with Gasteiger partial charge in [0.1, 0.15) is 12.1 Å². The third-order valence-corrected chi connectivity index (χ3v) is 6.05. The van der Waals surface area contributed by atoms with Crippen LogP contribution in [-0.2, 0) is 19.4 Å². The molecule has 0 spiro atoms. The van der Waals surface area contributed by atoms with Crippen LogP contribution in [0.25, 0.3) is 0 Å². The van der Waals surface area contributed by atoms with E-state index in [0.29, 0.717) is 8.95 Å². The van der Waals surface area contributed by atoms with E-state index in [4.69, 9.17) is 4.74 Å². The minimum atomic E-state index is -3.83. The number of carbonyl (C=O) groups excluding carboxylic acids is 2. The number of nitrogens with one attached hydrogen (secondary N) is 1. The molecule has 0 heterocycles. The average molecular weight is 533 g/mol. The zero-order chi connectivity index (χ0) is 21.1. The van der Waals surface area contributed by atoms with E-state index in [1.807, 2.05) is 0 Å². The first-order valence-corrected chi connectivity index (χ1v) is 11.3. The summed E-state index contributed by atoms with van der Waals surface area (Å²) in [5.74, 6) is -1.17. The molecule has 0 aromatic heterocycles. The number of halogens is 2. The van der Waals surface area contributed by atoms with E-state index in [9.17, 15) is 18.0 Å². The molecular formula is C19H19Br2NO5S. The topological polar surface area (TPSA) is 89.5 Å². The molecular weight excluding hydrogens is 514 g/mol. The summed E-state index contributed by atoms with van der Waals surface area (Å²) in [6.07, 6.45) is 0. The molecule has 0 saturated heterocycles. The molecule has 6 nitrogen and oxygen atoms in total. The van der Waals surface area contributed by atoms with Crippen LogP contribution in [0.1, 0.15) is 31.1 Å². The molecule has 2 aromatic carbocycles. The van der Waals surface area contributed by atoms with E-state index in [1.165, 1.54) is 30.3 Å². The third-order valence-electron chi connectivity index (χ3n) is 3.36. The fourth-order valence-electron chi connectivity index (χ4n) is 2.25. The van der Waals surface area contributed by atoms with Crippen molar-refractivity contribution < 1.29 is 22.7 Å². The highest BCUT2D eigenvalue weighted by atomic mass is 79.9. The third kappa shape index (κ3) is 6.15.